The molecule has 0 fully saturated rings. The molecule has 264 valence electrons. The molecule has 2 heteroatoms. The average Bonchev–Trinajstić information content (AvgIpc) is 3.03. The molecule has 0 radical (unpaired) electrons. The van der Waals surface area contributed by atoms with E-state index in [9.17, 15) is 0 Å². The highest BCUT2D eigenvalue weighted by Crippen LogP contribution is 2.24. The predicted molar refractivity (Wildman–Crippen MR) is 205 cm³/mol. The standard InChI is InChI=1S/C43H81NO/c1-7-9-11-13-15-17-19-21-23-25-27-29-31-33-35-37-41(3)43(45-42(4)39-40-44(5)6)38-36-34-32-30-28-26-24-22-20-18-16-14-12-10-8-2/h15-18,21-24,41-43H,7-14,19-20,25-40H2,1-6H3/b17-15+,18-16+,23-21+,24-22+. The molecule has 3 unspecified atom stereocenters. The van der Waals surface area contributed by atoms with Crippen LogP contribution in [0.25, 0.3) is 0 Å². The van der Waals surface area contributed by atoms with E-state index in [1.807, 2.05) is 0 Å². The predicted octanol–water partition coefficient (Wildman–Crippen LogP) is 14.0. The van der Waals surface area contributed by atoms with Crippen LogP contribution in [0.1, 0.15) is 188 Å². The second-order valence-corrected chi connectivity index (χ2v) is 14.1. The van der Waals surface area contributed by atoms with Gasteiger partial charge in [0, 0.05) is 0 Å². The van der Waals surface area contributed by atoms with Crippen LogP contribution in [0.4, 0.5) is 0 Å². The van der Waals surface area contributed by atoms with Gasteiger partial charge in [0.1, 0.15) is 0 Å². The highest BCUT2D eigenvalue weighted by atomic mass is 16.5. The largest absolute Gasteiger partial charge is 0.375 e. The SMILES string of the molecule is CCCCC/C=C/C/C=C/CCCCCCCC(C)C(CCCCCCC/C=C/C/C=C/CCCCC)OC(C)CCN(C)C. The monoisotopic (exact) mass is 628 g/mol. The molecule has 0 amide bonds. The van der Waals surface area contributed by atoms with Gasteiger partial charge in [-0.2, -0.15) is 0 Å². The topological polar surface area (TPSA) is 12.5 Å². The van der Waals surface area contributed by atoms with Crippen LogP contribution in [0.15, 0.2) is 48.6 Å². The first-order valence-electron chi connectivity index (χ1n) is 19.9. The first-order valence-corrected chi connectivity index (χ1v) is 19.9. The minimum atomic E-state index is 0.349. The van der Waals surface area contributed by atoms with Crippen molar-refractivity contribution in [2.24, 2.45) is 5.92 Å². The van der Waals surface area contributed by atoms with Crippen LogP contribution in [-0.4, -0.2) is 37.7 Å². The molecule has 0 aliphatic rings. The van der Waals surface area contributed by atoms with E-state index in [0.717, 1.165) is 25.8 Å². The van der Waals surface area contributed by atoms with Gasteiger partial charge in [0.15, 0.2) is 0 Å². The van der Waals surface area contributed by atoms with E-state index in [0.29, 0.717) is 18.1 Å². The molecule has 0 heterocycles. The van der Waals surface area contributed by atoms with Crippen LogP contribution >= 0.6 is 0 Å². The molecule has 0 saturated carbocycles. The summed E-state index contributed by atoms with van der Waals surface area (Å²) < 4.78 is 6.70. The number of unbranched alkanes of at least 4 members (excludes halogenated alkanes) is 16. The van der Waals surface area contributed by atoms with Crippen molar-refractivity contribution in [2.45, 2.75) is 200 Å². The normalized spacial score (nSPS) is 14.6. The second kappa shape index (κ2) is 35.7. The number of rotatable bonds is 34. The fourth-order valence-electron chi connectivity index (χ4n) is 5.91. The molecule has 0 spiro atoms. The van der Waals surface area contributed by atoms with Crippen LogP contribution in [0, 0.1) is 5.92 Å². The van der Waals surface area contributed by atoms with Crippen LogP contribution in [-0.2, 0) is 4.74 Å². The van der Waals surface area contributed by atoms with Gasteiger partial charge in [0.2, 0.25) is 0 Å². The maximum Gasteiger partial charge on any atom is 0.0604 e. The zero-order valence-corrected chi connectivity index (χ0v) is 31.6. The molecule has 2 nitrogen and oxygen atoms in total. The van der Waals surface area contributed by atoms with Gasteiger partial charge in [-0.3, -0.25) is 0 Å². The maximum absolute atomic E-state index is 6.70. The molecule has 0 aliphatic heterocycles. The van der Waals surface area contributed by atoms with Crippen molar-refractivity contribution in [1.82, 2.24) is 4.90 Å². The molecule has 45 heavy (non-hydrogen) atoms. The molecular formula is C43H81NO. The number of nitrogens with zero attached hydrogens (tertiary/aromatic N) is 1. The Morgan fingerprint density at radius 2 is 0.867 bits per heavy atom. The van der Waals surface area contributed by atoms with Gasteiger partial charge in [0.25, 0.3) is 0 Å². The average molecular weight is 628 g/mol. The Morgan fingerprint density at radius 1 is 0.467 bits per heavy atom. The van der Waals surface area contributed by atoms with Crippen molar-refractivity contribution in [2.75, 3.05) is 20.6 Å². The van der Waals surface area contributed by atoms with Crippen LogP contribution < -0.4 is 0 Å². The van der Waals surface area contributed by atoms with E-state index in [4.69, 9.17) is 4.74 Å². The quantitative estimate of drug-likeness (QED) is 0.0520. The zero-order valence-electron chi connectivity index (χ0n) is 31.6. The summed E-state index contributed by atoms with van der Waals surface area (Å²) in [5.41, 5.74) is 0. The highest BCUT2D eigenvalue weighted by Gasteiger charge is 2.20. The Morgan fingerprint density at radius 3 is 1.31 bits per heavy atom. The van der Waals surface area contributed by atoms with Gasteiger partial charge < -0.3 is 9.64 Å². The van der Waals surface area contributed by atoms with E-state index in [1.165, 1.54) is 141 Å². The molecule has 0 aromatic heterocycles. The van der Waals surface area contributed by atoms with Crippen molar-refractivity contribution >= 4 is 0 Å². The van der Waals surface area contributed by atoms with Crippen LogP contribution in [0.5, 0.6) is 0 Å². The van der Waals surface area contributed by atoms with Crippen LogP contribution in [0.3, 0.4) is 0 Å². The van der Waals surface area contributed by atoms with E-state index in [1.54, 1.807) is 0 Å². The Labute approximate surface area is 284 Å². The summed E-state index contributed by atoms with van der Waals surface area (Å²) in [7, 11) is 4.33. The Bertz CT molecular complexity index is 690. The Kier molecular flexibility index (Phi) is 34.8. The summed E-state index contributed by atoms with van der Waals surface area (Å²) in [4.78, 5) is 2.28. The minimum Gasteiger partial charge on any atom is -0.375 e. The van der Waals surface area contributed by atoms with E-state index >= 15 is 0 Å². The molecule has 3 atom stereocenters. The van der Waals surface area contributed by atoms with E-state index in [2.05, 4.69) is 95.3 Å². The third kappa shape index (κ3) is 34.0. The molecule has 0 aromatic carbocycles. The van der Waals surface area contributed by atoms with Crippen LogP contribution in [0.2, 0.25) is 0 Å². The van der Waals surface area contributed by atoms with Gasteiger partial charge in [-0.15, -0.1) is 0 Å². The van der Waals surface area contributed by atoms with Gasteiger partial charge in [-0.1, -0.05) is 146 Å². The summed E-state index contributed by atoms with van der Waals surface area (Å²) in [5.74, 6) is 0.663. The van der Waals surface area contributed by atoms with Gasteiger partial charge in [-0.25, -0.2) is 0 Å². The summed E-state index contributed by atoms with van der Waals surface area (Å²) in [6, 6.07) is 0. The zero-order chi connectivity index (χ0) is 33.1. The molecule has 0 aliphatic carbocycles. The Hall–Kier alpha value is -1.12. The number of hydrogen-bond donors (Lipinski definition) is 0. The molecule has 0 rings (SSSR count). The molecule has 0 bridgehead atoms. The van der Waals surface area contributed by atoms with Crippen molar-refractivity contribution in [3.8, 4) is 0 Å². The minimum absolute atomic E-state index is 0.349. The fraction of sp³-hybridized carbons (Fsp3) is 0.814. The van der Waals surface area contributed by atoms with Gasteiger partial charge >= 0.3 is 0 Å². The van der Waals surface area contributed by atoms with Crippen molar-refractivity contribution in [3.05, 3.63) is 48.6 Å². The molecule has 0 saturated heterocycles. The lowest BCUT2D eigenvalue weighted by Gasteiger charge is -2.28. The summed E-state index contributed by atoms with van der Waals surface area (Å²) >= 11 is 0. The van der Waals surface area contributed by atoms with Gasteiger partial charge in [-0.05, 0) is 117 Å². The first-order chi connectivity index (χ1) is 22.0. The second-order valence-electron chi connectivity index (χ2n) is 14.1. The van der Waals surface area contributed by atoms with Crippen molar-refractivity contribution in [1.29, 1.82) is 0 Å². The van der Waals surface area contributed by atoms with Crippen molar-refractivity contribution in [3.63, 3.8) is 0 Å². The third-order valence-corrected chi connectivity index (χ3v) is 9.07. The summed E-state index contributed by atoms with van der Waals surface area (Å²) in [6.07, 6.45) is 52.1. The number of hydrogen-bond acceptors (Lipinski definition) is 2. The Balaban J connectivity index is 4.12. The summed E-state index contributed by atoms with van der Waals surface area (Å²) in [5, 5.41) is 0. The lowest BCUT2D eigenvalue weighted by atomic mass is 9.92. The maximum atomic E-state index is 6.70. The number of ether oxygens (including phenoxy) is 1. The van der Waals surface area contributed by atoms with E-state index in [-0.39, 0.29) is 0 Å². The summed E-state index contributed by atoms with van der Waals surface area (Å²) in [6.45, 7) is 10.4. The lowest BCUT2D eigenvalue weighted by molar-refractivity contribution is -0.0433. The van der Waals surface area contributed by atoms with Crippen molar-refractivity contribution < 1.29 is 4.74 Å². The third-order valence-electron chi connectivity index (χ3n) is 9.07. The smallest absolute Gasteiger partial charge is 0.0604 e. The fourth-order valence-corrected chi connectivity index (χ4v) is 5.91. The molecule has 0 aromatic rings. The highest BCUT2D eigenvalue weighted by molar-refractivity contribution is 4.93. The number of allylic oxidation sites excluding steroid dienone is 8. The van der Waals surface area contributed by atoms with Gasteiger partial charge in [0.05, 0.1) is 12.2 Å². The van der Waals surface area contributed by atoms with E-state index < -0.39 is 0 Å². The molecule has 0 N–H and O–H groups in total. The molecular weight excluding hydrogens is 546 g/mol. The first kappa shape index (κ1) is 43.9. The lowest BCUT2D eigenvalue weighted by Crippen LogP contribution is -2.28.